The first-order chi connectivity index (χ1) is 10.9. The van der Waals surface area contributed by atoms with Crippen LogP contribution in [0.4, 0.5) is 10.5 Å². The molecular formula is C15H23N3O4S. The van der Waals surface area contributed by atoms with E-state index in [2.05, 4.69) is 10.6 Å². The van der Waals surface area contributed by atoms with Crippen molar-refractivity contribution in [3.63, 3.8) is 0 Å². The Bertz CT molecular complexity index is 640. The predicted octanol–water partition coefficient (Wildman–Crippen LogP) is 1.49. The van der Waals surface area contributed by atoms with Crippen molar-refractivity contribution in [3.8, 4) is 5.75 Å². The van der Waals surface area contributed by atoms with Crippen molar-refractivity contribution >= 4 is 21.7 Å². The second-order valence-electron chi connectivity index (χ2n) is 5.64. The normalized spacial score (nSPS) is 16.8. The molecule has 1 aromatic rings. The van der Waals surface area contributed by atoms with Crippen molar-refractivity contribution < 1.29 is 17.9 Å². The van der Waals surface area contributed by atoms with Crippen molar-refractivity contribution in [1.29, 1.82) is 0 Å². The third-order valence-electron chi connectivity index (χ3n) is 3.95. The molecule has 23 heavy (non-hydrogen) atoms. The Morgan fingerprint density at radius 1 is 1.30 bits per heavy atom. The van der Waals surface area contributed by atoms with Crippen molar-refractivity contribution in [1.82, 2.24) is 9.62 Å². The summed E-state index contributed by atoms with van der Waals surface area (Å²) < 4.78 is 29.6. The molecule has 1 aliphatic rings. The van der Waals surface area contributed by atoms with Crippen LogP contribution in [0.3, 0.4) is 0 Å². The Balaban J connectivity index is 1.77. The highest BCUT2D eigenvalue weighted by molar-refractivity contribution is 7.88. The minimum absolute atomic E-state index is 0.288. The van der Waals surface area contributed by atoms with Gasteiger partial charge in [-0.1, -0.05) is 12.1 Å². The molecule has 1 saturated heterocycles. The van der Waals surface area contributed by atoms with Gasteiger partial charge in [0.15, 0.2) is 0 Å². The molecule has 0 spiro atoms. The van der Waals surface area contributed by atoms with E-state index in [1.807, 2.05) is 12.1 Å². The number of carbonyl (C=O) groups is 1. The van der Waals surface area contributed by atoms with Crippen molar-refractivity contribution in [2.24, 2.45) is 5.92 Å². The summed E-state index contributed by atoms with van der Waals surface area (Å²) in [5, 5.41) is 5.58. The lowest BCUT2D eigenvalue weighted by molar-refractivity contribution is 0.240. The van der Waals surface area contributed by atoms with Crippen molar-refractivity contribution in [2.45, 2.75) is 12.8 Å². The van der Waals surface area contributed by atoms with E-state index in [1.165, 1.54) is 10.6 Å². The maximum Gasteiger partial charge on any atom is 0.319 e. The molecule has 0 saturated carbocycles. The van der Waals surface area contributed by atoms with Gasteiger partial charge in [-0.3, -0.25) is 0 Å². The number of amides is 2. The molecule has 2 amide bonds. The average Bonchev–Trinajstić information content (AvgIpc) is 2.53. The number of anilines is 1. The van der Waals surface area contributed by atoms with Crippen LogP contribution in [0.5, 0.6) is 5.75 Å². The minimum atomic E-state index is -3.11. The number of hydrogen-bond acceptors (Lipinski definition) is 4. The molecule has 2 N–H and O–H groups in total. The first-order valence-corrected chi connectivity index (χ1v) is 9.38. The first-order valence-electron chi connectivity index (χ1n) is 7.53. The molecule has 0 aromatic heterocycles. The highest BCUT2D eigenvalue weighted by Gasteiger charge is 2.25. The van der Waals surface area contributed by atoms with Gasteiger partial charge < -0.3 is 15.4 Å². The molecule has 1 heterocycles. The summed E-state index contributed by atoms with van der Waals surface area (Å²) >= 11 is 0. The Labute approximate surface area is 137 Å². The van der Waals surface area contributed by atoms with Crippen LogP contribution in [-0.4, -0.2) is 51.8 Å². The predicted molar refractivity (Wildman–Crippen MR) is 89.2 cm³/mol. The highest BCUT2D eigenvalue weighted by atomic mass is 32.2. The molecule has 1 aromatic carbocycles. The van der Waals surface area contributed by atoms with Gasteiger partial charge in [0.05, 0.1) is 19.1 Å². The SMILES string of the molecule is COc1ccccc1NC(=O)NCC1CCN(S(C)(=O)=O)CC1. The quantitative estimate of drug-likeness (QED) is 0.849. The van der Waals surface area contributed by atoms with Crippen molar-refractivity contribution in [2.75, 3.05) is 38.3 Å². The van der Waals surface area contributed by atoms with E-state index in [4.69, 9.17) is 4.74 Å². The number of rotatable bonds is 5. The number of hydrogen-bond donors (Lipinski definition) is 2. The van der Waals surface area contributed by atoms with E-state index in [0.29, 0.717) is 31.1 Å². The molecule has 128 valence electrons. The van der Waals surface area contributed by atoms with Gasteiger partial charge in [0.2, 0.25) is 10.0 Å². The summed E-state index contributed by atoms with van der Waals surface area (Å²) in [4.78, 5) is 12.0. The topological polar surface area (TPSA) is 87.7 Å². The second-order valence-corrected chi connectivity index (χ2v) is 7.62. The zero-order valence-corrected chi connectivity index (χ0v) is 14.2. The number of piperidine rings is 1. The third-order valence-corrected chi connectivity index (χ3v) is 5.25. The fraction of sp³-hybridized carbons (Fsp3) is 0.533. The van der Waals surface area contributed by atoms with Gasteiger partial charge in [0.1, 0.15) is 5.75 Å². The van der Waals surface area contributed by atoms with E-state index in [1.54, 1.807) is 19.2 Å². The molecule has 7 nitrogen and oxygen atoms in total. The van der Waals surface area contributed by atoms with Crippen LogP contribution in [0.25, 0.3) is 0 Å². The van der Waals surface area contributed by atoms with Gasteiger partial charge in [-0.05, 0) is 30.9 Å². The van der Waals surface area contributed by atoms with Gasteiger partial charge in [-0.15, -0.1) is 0 Å². The van der Waals surface area contributed by atoms with Crippen LogP contribution in [-0.2, 0) is 10.0 Å². The van der Waals surface area contributed by atoms with E-state index < -0.39 is 10.0 Å². The molecule has 0 aliphatic carbocycles. The molecule has 1 aliphatic heterocycles. The Kier molecular flexibility index (Phi) is 5.84. The van der Waals surface area contributed by atoms with E-state index in [9.17, 15) is 13.2 Å². The fourth-order valence-corrected chi connectivity index (χ4v) is 3.47. The number of methoxy groups -OCH3 is 1. The monoisotopic (exact) mass is 341 g/mol. The summed E-state index contributed by atoms with van der Waals surface area (Å²) in [5.41, 5.74) is 0.611. The fourth-order valence-electron chi connectivity index (χ4n) is 2.60. The Morgan fingerprint density at radius 3 is 2.57 bits per heavy atom. The summed E-state index contributed by atoms with van der Waals surface area (Å²) in [6.45, 7) is 1.55. The van der Waals surface area contributed by atoms with Crippen LogP contribution in [0.2, 0.25) is 0 Å². The summed E-state index contributed by atoms with van der Waals surface area (Å²) in [5.74, 6) is 0.889. The zero-order valence-electron chi connectivity index (χ0n) is 13.4. The number of urea groups is 1. The molecule has 0 unspecified atom stereocenters. The number of nitrogens with zero attached hydrogens (tertiary/aromatic N) is 1. The summed E-state index contributed by atoms with van der Waals surface area (Å²) in [7, 11) is -1.56. The molecule has 2 rings (SSSR count). The van der Waals surface area contributed by atoms with Gasteiger partial charge in [-0.2, -0.15) is 0 Å². The molecular weight excluding hydrogens is 318 g/mol. The first kappa shape index (κ1) is 17.6. The van der Waals surface area contributed by atoms with E-state index in [0.717, 1.165) is 12.8 Å². The number of ether oxygens (including phenoxy) is 1. The average molecular weight is 341 g/mol. The molecule has 0 bridgehead atoms. The number of benzene rings is 1. The number of carbonyl (C=O) groups excluding carboxylic acids is 1. The van der Waals surface area contributed by atoms with Crippen LogP contribution < -0.4 is 15.4 Å². The minimum Gasteiger partial charge on any atom is -0.495 e. The molecule has 0 radical (unpaired) electrons. The van der Waals surface area contributed by atoms with Crippen molar-refractivity contribution in [3.05, 3.63) is 24.3 Å². The Hall–Kier alpha value is -1.80. The van der Waals surface area contributed by atoms with Crippen LogP contribution in [0.1, 0.15) is 12.8 Å². The lowest BCUT2D eigenvalue weighted by atomic mass is 9.98. The van der Waals surface area contributed by atoms with Crippen LogP contribution in [0, 0.1) is 5.92 Å². The summed E-state index contributed by atoms with van der Waals surface area (Å²) in [6, 6.07) is 6.90. The van der Waals surface area contributed by atoms with Gasteiger partial charge in [0.25, 0.3) is 0 Å². The van der Waals surface area contributed by atoms with E-state index >= 15 is 0 Å². The second kappa shape index (κ2) is 7.65. The standard InChI is InChI=1S/C15H23N3O4S/c1-22-14-6-4-3-5-13(14)17-15(19)16-11-12-7-9-18(10-8-12)23(2,20)21/h3-6,12H,7-11H2,1-2H3,(H2,16,17,19). The largest absolute Gasteiger partial charge is 0.495 e. The van der Waals surface area contributed by atoms with Gasteiger partial charge >= 0.3 is 6.03 Å². The number of nitrogens with one attached hydrogen (secondary N) is 2. The lowest BCUT2D eigenvalue weighted by Crippen LogP contribution is -2.41. The number of para-hydroxylation sites is 2. The molecule has 0 atom stereocenters. The zero-order chi connectivity index (χ0) is 16.9. The van der Waals surface area contributed by atoms with Gasteiger partial charge in [-0.25, -0.2) is 17.5 Å². The maximum atomic E-state index is 12.0. The smallest absolute Gasteiger partial charge is 0.319 e. The molecule has 1 fully saturated rings. The van der Waals surface area contributed by atoms with Gasteiger partial charge in [0, 0.05) is 19.6 Å². The van der Waals surface area contributed by atoms with Crippen LogP contribution >= 0.6 is 0 Å². The molecule has 8 heteroatoms. The maximum absolute atomic E-state index is 12.0. The highest BCUT2D eigenvalue weighted by Crippen LogP contribution is 2.23. The van der Waals surface area contributed by atoms with Crippen LogP contribution in [0.15, 0.2) is 24.3 Å². The Morgan fingerprint density at radius 2 is 1.96 bits per heavy atom. The number of sulfonamides is 1. The van der Waals surface area contributed by atoms with E-state index in [-0.39, 0.29) is 11.9 Å². The lowest BCUT2D eigenvalue weighted by Gasteiger charge is -2.30. The third kappa shape index (κ3) is 5.11. The summed E-state index contributed by atoms with van der Waals surface area (Å²) in [6.07, 6.45) is 2.73.